The molecule has 0 aliphatic carbocycles. The molecule has 6 heteroatoms. The van der Waals surface area contributed by atoms with Gasteiger partial charge in [0.05, 0.1) is 17.1 Å². The van der Waals surface area contributed by atoms with Gasteiger partial charge in [-0.3, -0.25) is 4.68 Å². The average molecular weight is 289 g/mol. The molecule has 0 spiro atoms. The van der Waals surface area contributed by atoms with Crippen LogP contribution in [0.1, 0.15) is 33.4 Å². The quantitative estimate of drug-likeness (QED) is 0.905. The molecule has 6 nitrogen and oxygen atoms in total. The second kappa shape index (κ2) is 5.63. The molecule has 3 N–H and O–H groups in total. The molecule has 0 bridgehead atoms. The number of rotatable bonds is 4. The van der Waals surface area contributed by atoms with Gasteiger partial charge in [-0.15, -0.1) is 0 Å². The topological polar surface area (TPSA) is 78.0 Å². The molecule has 0 aliphatic rings. The van der Waals surface area contributed by atoms with Crippen molar-refractivity contribution in [3.63, 3.8) is 0 Å². The summed E-state index contributed by atoms with van der Waals surface area (Å²) in [4.78, 5) is 4.44. The van der Waals surface area contributed by atoms with Gasteiger partial charge in [-0.1, -0.05) is 6.92 Å². The Hall–Kier alpha value is -2.24. The molecule has 2 rings (SSSR count). The number of aryl methyl sites for hydroxylation is 2. The first-order chi connectivity index (χ1) is 9.78. The van der Waals surface area contributed by atoms with E-state index < -0.39 is 0 Å². The number of hydrogen-bond acceptors (Lipinski definition) is 5. The van der Waals surface area contributed by atoms with Crippen LogP contribution in [0, 0.1) is 0 Å². The highest BCUT2D eigenvalue weighted by Crippen LogP contribution is 2.27. The van der Waals surface area contributed by atoms with Crippen molar-refractivity contribution in [2.75, 3.05) is 11.1 Å². The zero-order chi connectivity index (χ0) is 15.6. The maximum absolute atomic E-state index is 5.92. The van der Waals surface area contributed by atoms with Gasteiger partial charge in [0.25, 0.3) is 0 Å². The van der Waals surface area contributed by atoms with Crippen LogP contribution in [-0.2, 0) is 13.5 Å². The number of nitrogens with one attached hydrogen (secondary N) is 1. The lowest BCUT2D eigenvalue weighted by atomic mass is 10.2. The summed E-state index contributed by atoms with van der Waals surface area (Å²) < 4.78 is 7.56. The van der Waals surface area contributed by atoms with Gasteiger partial charge in [0, 0.05) is 13.2 Å². The van der Waals surface area contributed by atoms with Crippen molar-refractivity contribution < 1.29 is 4.74 Å². The SMILES string of the molecule is CCc1nn(C)cc1Nc1ccc(N)c(OC(C)(C)C)n1. The van der Waals surface area contributed by atoms with Gasteiger partial charge in [0.1, 0.15) is 11.4 Å². The Balaban J connectivity index is 2.26. The molecule has 2 aromatic heterocycles. The van der Waals surface area contributed by atoms with Crippen LogP contribution in [0.4, 0.5) is 17.2 Å². The highest BCUT2D eigenvalue weighted by molar-refractivity contribution is 5.61. The Bertz CT molecular complexity index is 627. The highest BCUT2D eigenvalue weighted by atomic mass is 16.5. The number of nitrogen functional groups attached to an aromatic ring is 1. The fraction of sp³-hybridized carbons (Fsp3) is 0.467. The molecule has 0 fully saturated rings. The Morgan fingerprint density at radius 3 is 2.67 bits per heavy atom. The minimum Gasteiger partial charge on any atom is -0.470 e. The first-order valence-corrected chi connectivity index (χ1v) is 7.03. The summed E-state index contributed by atoms with van der Waals surface area (Å²) in [5.41, 5.74) is 8.04. The van der Waals surface area contributed by atoms with E-state index in [9.17, 15) is 0 Å². The van der Waals surface area contributed by atoms with Crippen molar-refractivity contribution in [2.45, 2.75) is 39.7 Å². The third-order valence-corrected chi connectivity index (χ3v) is 2.80. The number of hydrogen-bond donors (Lipinski definition) is 2. The van der Waals surface area contributed by atoms with Gasteiger partial charge in [-0.25, -0.2) is 0 Å². The second-order valence-electron chi connectivity index (χ2n) is 5.95. The molecular weight excluding hydrogens is 266 g/mol. The van der Waals surface area contributed by atoms with Crippen molar-refractivity contribution >= 4 is 17.2 Å². The van der Waals surface area contributed by atoms with Crippen molar-refractivity contribution in [1.82, 2.24) is 14.8 Å². The van der Waals surface area contributed by atoms with E-state index in [1.54, 1.807) is 10.7 Å². The summed E-state index contributed by atoms with van der Waals surface area (Å²) in [7, 11) is 1.90. The normalized spacial score (nSPS) is 11.5. The minimum atomic E-state index is -0.345. The van der Waals surface area contributed by atoms with Crippen molar-refractivity contribution in [2.24, 2.45) is 7.05 Å². The molecule has 2 heterocycles. The Labute approximate surface area is 125 Å². The standard InChI is InChI=1S/C15H23N5O/c1-6-11-12(9-20(5)19-11)17-13-8-7-10(16)14(18-13)21-15(2,3)4/h7-9H,6,16H2,1-5H3,(H,17,18). The molecular formula is C15H23N5O. The van der Waals surface area contributed by atoms with Crippen molar-refractivity contribution in [1.29, 1.82) is 0 Å². The summed E-state index contributed by atoms with van der Waals surface area (Å²) in [6.45, 7) is 7.96. The predicted molar refractivity (Wildman–Crippen MR) is 84.9 cm³/mol. The van der Waals surface area contributed by atoms with Crippen LogP contribution in [0.25, 0.3) is 0 Å². The van der Waals surface area contributed by atoms with E-state index in [1.807, 2.05) is 40.1 Å². The number of anilines is 3. The lowest BCUT2D eigenvalue weighted by Crippen LogP contribution is -2.24. The molecule has 0 atom stereocenters. The number of aromatic nitrogens is 3. The fourth-order valence-corrected chi connectivity index (χ4v) is 1.93. The van der Waals surface area contributed by atoms with E-state index in [2.05, 4.69) is 22.3 Å². The molecule has 0 saturated heterocycles. The van der Waals surface area contributed by atoms with E-state index >= 15 is 0 Å². The zero-order valence-corrected chi connectivity index (χ0v) is 13.3. The first-order valence-electron chi connectivity index (χ1n) is 7.03. The predicted octanol–water partition coefficient (Wildman–Crippen LogP) is 2.88. The van der Waals surface area contributed by atoms with E-state index in [4.69, 9.17) is 10.5 Å². The maximum atomic E-state index is 5.92. The van der Waals surface area contributed by atoms with Crippen LogP contribution in [0.2, 0.25) is 0 Å². The molecule has 0 aromatic carbocycles. The third kappa shape index (κ3) is 3.87. The van der Waals surface area contributed by atoms with Gasteiger partial charge in [0.2, 0.25) is 5.88 Å². The van der Waals surface area contributed by atoms with E-state index in [-0.39, 0.29) is 5.60 Å². The van der Waals surface area contributed by atoms with Crippen LogP contribution >= 0.6 is 0 Å². The lowest BCUT2D eigenvalue weighted by Gasteiger charge is -2.21. The first kappa shape index (κ1) is 15.2. The smallest absolute Gasteiger partial charge is 0.239 e. The number of nitrogens with zero attached hydrogens (tertiary/aromatic N) is 3. The van der Waals surface area contributed by atoms with E-state index in [1.165, 1.54) is 0 Å². The minimum absolute atomic E-state index is 0.345. The largest absolute Gasteiger partial charge is 0.470 e. The molecule has 0 unspecified atom stereocenters. The number of ether oxygens (including phenoxy) is 1. The van der Waals surface area contributed by atoms with Crippen LogP contribution < -0.4 is 15.8 Å². The van der Waals surface area contributed by atoms with Crippen molar-refractivity contribution in [3.8, 4) is 5.88 Å². The highest BCUT2D eigenvalue weighted by Gasteiger charge is 2.16. The van der Waals surface area contributed by atoms with Gasteiger partial charge in [0.15, 0.2) is 0 Å². The lowest BCUT2D eigenvalue weighted by molar-refractivity contribution is 0.125. The third-order valence-electron chi connectivity index (χ3n) is 2.80. The van der Waals surface area contributed by atoms with Crippen LogP contribution in [-0.4, -0.2) is 20.4 Å². The van der Waals surface area contributed by atoms with Gasteiger partial charge in [-0.05, 0) is 39.3 Å². The summed E-state index contributed by atoms with van der Waals surface area (Å²) >= 11 is 0. The molecule has 2 aromatic rings. The van der Waals surface area contributed by atoms with E-state index in [0.717, 1.165) is 17.8 Å². The summed E-state index contributed by atoms with van der Waals surface area (Å²) in [6.07, 6.45) is 2.78. The number of nitrogens with two attached hydrogens (primary N) is 1. The molecule has 0 saturated carbocycles. The fourth-order valence-electron chi connectivity index (χ4n) is 1.93. The van der Waals surface area contributed by atoms with Crippen LogP contribution in [0.5, 0.6) is 5.88 Å². The van der Waals surface area contributed by atoms with Gasteiger partial charge >= 0.3 is 0 Å². The summed E-state index contributed by atoms with van der Waals surface area (Å²) in [5, 5.41) is 7.66. The molecule has 0 aliphatic heterocycles. The number of pyridine rings is 1. The zero-order valence-electron chi connectivity index (χ0n) is 13.3. The Morgan fingerprint density at radius 1 is 1.33 bits per heavy atom. The van der Waals surface area contributed by atoms with Crippen LogP contribution in [0.3, 0.4) is 0 Å². The average Bonchev–Trinajstić information content (AvgIpc) is 2.72. The van der Waals surface area contributed by atoms with Gasteiger partial charge in [-0.2, -0.15) is 10.1 Å². The summed E-state index contributed by atoms with van der Waals surface area (Å²) in [6, 6.07) is 3.62. The second-order valence-corrected chi connectivity index (χ2v) is 5.95. The maximum Gasteiger partial charge on any atom is 0.239 e. The van der Waals surface area contributed by atoms with Gasteiger partial charge < -0.3 is 15.8 Å². The monoisotopic (exact) mass is 289 g/mol. The molecule has 0 amide bonds. The summed E-state index contributed by atoms with van der Waals surface area (Å²) in [5.74, 6) is 1.13. The van der Waals surface area contributed by atoms with E-state index in [0.29, 0.717) is 17.4 Å². The van der Waals surface area contributed by atoms with Crippen LogP contribution in [0.15, 0.2) is 18.3 Å². The Kier molecular flexibility index (Phi) is 4.06. The van der Waals surface area contributed by atoms with Crippen molar-refractivity contribution in [3.05, 3.63) is 24.0 Å². The Morgan fingerprint density at radius 2 is 2.05 bits per heavy atom. The molecule has 21 heavy (non-hydrogen) atoms. The molecule has 0 radical (unpaired) electrons. The molecule has 114 valence electrons.